The number of carbonyl (C=O) groups is 6. The van der Waals surface area contributed by atoms with Gasteiger partial charge in [-0.05, 0) is 82.6 Å². The Labute approximate surface area is 387 Å². The first-order chi connectivity index (χ1) is 32.4. The quantitative estimate of drug-likeness (QED) is 0.0917. The zero-order valence-electron chi connectivity index (χ0n) is 37.5. The van der Waals surface area contributed by atoms with Gasteiger partial charge in [-0.2, -0.15) is 13.2 Å². The van der Waals surface area contributed by atoms with Crippen LogP contribution in [0.5, 0.6) is 0 Å². The van der Waals surface area contributed by atoms with Crippen molar-refractivity contribution in [2.24, 2.45) is 0 Å². The number of imide groups is 2. The topological polar surface area (TPSA) is 180 Å². The van der Waals surface area contributed by atoms with Gasteiger partial charge in [0.1, 0.15) is 17.7 Å². The summed E-state index contributed by atoms with van der Waals surface area (Å²) >= 11 is 0. The Hall–Kier alpha value is -7.03. The van der Waals surface area contributed by atoms with Gasteiger partial charge in [0.15, 0.2) is 0 Å². The first-order valence-corrected chi connectivity index (χ1v) is 22.3. The molecule has 0 aliphatic carbocycles. The van der Waals surface area contributed by atoms with Crippen molar-refractivity contribution < 1.29 is 50.7 Å². The smallest absolute Gasteiger partial charge is 0.384 e. The highest BCUT2D eigenvalue weighted by molar-refractivity contribution is 6.25. The molecule has 16 nitrogen and oxygen atoms in total. The number of likely N-dealkylation sites (N-methyl/N-ethyl adjacent to an activating group) is 1. The maximum absolute atomic E-state index is 16.1. The van der Waals surface area contributed by atoms with Crippen LogP contribution in [0.25, 0.3) is 11.1 Å². The summed E-state index contributed by atoms with van der Waals surface area (Å²) in [6.45, 7) is 6.86. The van der Waals surface area contributed by atoms with Crippen molar-refractivity contribution in [3.63, 3.8) is 0 Å². The highest BCUT2D eigenvalue weighted by atomic mass is 19.4. The van der Waals surface area contributed by atoms with Crippen LogP contribution in [0.1, 0.15) is 82.6 Å². The average Bonchev–Trinajstić information content (AvgIpc) is 3.56. The molecule has 3 saturated heterocycles. The summed E-state index contributed by atoms with van der Waals surface area (Å²) in [5.74, 6) is -5.05. The molecular formula is C47H49F5N10O6. The lowest BCUT2D eigenvalue weighted by atomic mass is 10.0. The predicted octanol–water partition coefficient (Wildman–Crippen LogP) is 5.55. The number of anilines is 4. The molecule has 3 N–H and O–H groups in total. The van der Waals surface area contributed by atoms with E-state index in [0.29, 0.717) is 70.3 Å². The molecule has 0 bridgehead atoms. The molecule has 1 aromatic heterocycles. The van der Waals surface area contributed by atoms with Crippen LogP contribution in [0.4, 0.5) is 45.0 Å². The number of halogens is 5. The van der Waals surface area contributed by atoms with E-state index in [4.69, 9.17) is 0 Å². The van der Waals surface area contributed by atoms with E-state index in [-0.39, 0.29) is 76.9 Å². The number of rotatable bonds is 12. The third-order valence-electron chi connectivity index (χ3n) is 13.0. The minimum Gasteiger partial charge on any atom is -0.384 e. The van der Waals surface area contributed by atoms with Gasteiger partial charge >= 0.3 is 6.18 Å². The maximum atomic E-state index is 16.1. The number of nitrogens with zero attached hydrogens (tertiary/aromatic N) is 7. The molecule has 0 spiro atoms. The fourth-order valence-electron chi connectivity index (χ4n) is 9.11. The van der Waals surface area contributed by atoms with Crippen molar-refractivity contribution in [2.45, 2.75) is 70.3 Å². The summed E-state index contributed by atoms with van der Waals surface area (Å²) in [7, 11) is 1.96. The van der Waals surface area contributed by atoms with Crippen molar-refractivity contribution in [1.82, 2.24) is 30.0 Å². The van der Waals surface area contributed by atoms with Crippen LogP contribution >= 0.6 is 0 Å². The third-order valence-corrected chi connectivity index (χ3v) is 13.0. The first kappa shape index (κ1) is 47.5. The van der Waals surface area contributed by atoms with Gasteiger partial charge < -0.3 is 25.3 Å². The number of piperazine rings is 2. The lowest BCUT2D eigenvalue weighted by Gasteiger charge is -2.44. The number of unbranched alkanes of at least 4 members (excludes halogenated alkanes) is 1. The van der Waals surface area contributed by atoms with Crippen LogP contribution in [0.15, 0.2) is 60.9 Å². The van der Waals surface area contributed by atoms with Gasteiger partial charge in [0.2, 0.25) is 23.7 Å². The molecule has 0 radical (unpaired) electrons. The van der Waals surface area contributed by atoms with Gasteiger partial charge in [-0.15, -0.1) is 0 Å². The molecule has 4 aliphatic heterocycles. The third kappa shape index (κ3) is 9.70. The van der Waals surface area contributed by atoms with Gasteiger partial charge in [0, 0.05) is 99.9 Å². The van der Waals surface area contributed by atoms with E-state index in [2.05, 4.69) is 30.8 Å². The molecule has 68 heavy (non-hydrogen) atoms. The number of benzene rings is 3. The van der Waals surface area contributed by atoms with Crippen LogP contribution in [0.2, 0.25) is 0 Å². The summed E-state index contributed by atoms with van der Waals surface area (Å²) in [5, 5.41) is 7.93. The zero-order chi connectivity index (χ0) is 48.6. The number of piperidine rings is 1. The molecule has 4 aliphatic rings. The van der Waals surface area contributed by atoms with Crippen molar-refractivity contribution in [3.05, 3.63) is 94.8 Å². The maximum Gasteiger partial charge on any atom is 0.417 e. The van der Waals surface area contributed by atoms with Gasteiger partial charge in [-0.3, -0.25) is 43.9 Å². The highest BCUT2D eigenvalue weighted by Crippen LogP contribution is 2.38. The molecule has 5 heterocycles. The van der Waals surface area contributed by atoms with Crippen molar-refractivity contribution in [1.29, 1.82) is 0 Å². The number of aromatic nitrogens is 2. The van der Waals surface area contributed by atoms with E-state index in [1.807, 2.05) is 30.7 Å². The molecule has 0 saturated carbocycles. The molecule has 3 atom stereocenters. The number of nitrogens with one attached hydrogen (secondary N) is 3. The lowest BCUT2D eigenvalue weighted by Crippen LogP contribution is -2.55. The fraction of sp³-hybridized carbons (Fsp3) is 0.404. The van der Waals surface area contributed by atoms with Gasteiger partial charge in [0.05, 0.1) is 33.6 Å². The number of hydrogen-bond acceptors (Lipinski definition) is 12. The Morgan fingerprint density at radius 2 is 1.54 bits per heavy atom. The Morgan fingerprint density at radius 3 is 2.22 bits per heavy atom. The minimum atomic E-state index is -5.02. The van der Waals surface area contributed by atoms with E-state index in [1.165, 1.54) is 30.6 Å². The predicted molar refractivity (Wildman–Crippen MR) is 240 cm³/mol. The van der Waals surface area contributed by atoms with Crippen LogP contribution in [-0.4, -0.2) is 131 Å². The Kier molecular flexibility index (Phi) is 13.5. The van der Waals surface area contributed by atoms with Crippen molar-refractivity contribution >= 4 is 58.5 Å². The molecule has 3 fully saturated rings. The van der Waals surface area contributed by atoms with Gasteiger partial charge in [-0.25, -0.2) is 18.7 Å². The molecule has 358 valence electrons. The first-order valence-electron chi connectivity index (χ1n) is 22.3. The lowest BCUT2D eigenvalue weighted by molar-refractivity contribution is -0.138. The van der Waals surface area contributed by atoms with E-state index >= 15 is 4.39 Å². The summed E-state index contributed by atoms with van der Waals surface area (Å²) in [6.07, 6.45) is -0.750. The molecule has 3 aromatic carbocycles. The van der Waals surface area contributed by atoms with Crippen LogP contribution in [-0.2, 0) is 20.6 Å². The van der Waals surface area contributed by atoms with Gasteiger partial charge in [0.25, 0.3) is 17.7 Å². The fourth-order valence-corrected chi connectivity index (χ4v) is 9.11. The van der Waals surface area contributed by atoms with E-state index in [0.717, 1.165) is 17.0 Å². The highest BCUT2D eigenvalue weighted by Gasteiger charge is 2.46. The van der Waals surface area contributed by atoms with Crippen molar-refractivity contribution in [3.8, 4) is 11.1 Å². The average molecular weight is 945 g/mol. The van der Waals surface area contributed by atoms with Crippen LogP contribution in [0, 0.1) is 11.6 Å². The monoisotopic (exact) mass is 944 g/mol. The standard InChI is InChI=1S/C47H49F5N10O6/c1-26-24-61(25-27(2)58(26)3)38-21-34(49)32(20-36(38)56-42(65)30-11-10-29(48)19-33(30)47(50,51)52)28-22-54-46(55-23-28)60-17-15-59(16-18-60)40(64)9-4-5-14-53-35-8-6-7-31-41(35)45(68)62(44(31)67)37-12-13-39(63)57-43(37)66/h6-8,10-11,19-23,26-27,37,53H,4-5,9,12-18,24-25H2,1-3H3,(H,56,65)(H,57,63,66)/t26-,27+,37?. The summed E-state index contributed by atoms with van der Waals surface area (Å²) in [4.78, 5) is 94.8. The molecule has 4 aromatic rings. The van der Waals surface area contributed by atoms with E-state index in [1.54, 1.807) is 17.0 Å². The SMILES string of the molecule is C[C@@H]1CN(c2cc(F)c(-c3cnc(N4CCN(C(=O)CCCCNc5cccc6c5C(=O)N(C5CCC(=O)NC5=O)C6=O)CC4)nc3)cc2NC(=O)c2ccc(F)cc2C(F)(F)F)C[C@H](C)N1C. The number of hydrogen-bond donors (Lipinski definition) is 3. The number of alkyl halides is 3. The Morgan fingerprint density at radius 1 is 0.838 bits per heavy atom. The summed E-state index contributed by atoms with van der Waals surface area (Å²) in [6, 6.07) is 8.14. The normalized spacial score (nSPS) is 20.1. The van der Waals surface area contributed by atoms with Crippen LogP contribution < -0.4 is 25.8 Å². The minimum absolute atomic E-state index is 0.0146. The molecular weight excluding hydrogens is 896 g/mol. The second-order valence-electron chi connectivity index (χ2n) is 17.5. The van der Waals surface area contributed by atoms with Crippen LogP contribution in [0.3, 0.4) is 0 Å². The zero-order valence-corrected chi connectivity index (χ0v) is 37.5. The Balaban J connectivity index is 0.871. The summed E-state index contributed by atoms with van der Waals surface area (Å²) < 4.78 is 71.8. The molecule has 6 amide bonds. The van der Waals surface area contributed by atoms with Crippen molar-refractivity contribution in [2.75, 3.05) is 73.3 Å². The number of fused-ring (bicyclic) bond motifs is 1. The summed E-state index contributed by atoms with van der Waals surface area (Å²) in [5.41, 5.74) is -0.954. The van der Waals surface area contributed by atoms with E-state index in [9.17, 15) is 46.3 Å². The Bertz CT molecular complexity index is 2650. The number of amides is 6. The largest absolute Gasteiger partial charge is 0.417 e. The second-order valence-corrected chi connectivity index (χ2v) is 17.5. The van der Waals surface area contributed by atoms with E-state index < -0.39 is 64.5 Å². The van der Waals surface area contributed by atoms with Gasteiger partial charge in [-0.1, -0.05) is 6.07 Å². The number of carbonyl (C=O) groups excluding carboxylic acids is 6. The molecule has 21 heteroatoms. The molecule has 1 unspecified atom stereocenters. The second kappa shape index (κ2) is 19.3. The molecule has 8 rings (SSSR count).